The van der Waals surface area contributed by atoms with E-state index in [9.17, 15) is 4.79 Å². The Morgan fingerprint density at radius 1 is 1.06 bits per heavy atom. The Balaban J connectivity index is 0.000000184. The molecule has 0 bridgehead atoms. The molecule has 0 amide bonds. The number of carbonyl (C=O) groups excluding carboxylic acids is 1. The number of hydrogen-bond donors (Lipinski definition) is 0. The monoisotopic (exact) mass is 248 g/mol. The quantitative estimate of drug-likeness (QED) is 0.749. The van der Waals surface area contributed by atoms with Crippen molar-refractivity contribution in [3.63, 3.8) is 0 Å². The summed E-state index contributed by atoms with van der Waals surface area (Å²) >= 11 is 0. The summed E-state index contributed by atoms with van der Waals surface area (Å²) in [5.41, 5.74) is 0.729. The Bertz CT molecular complexity index is 330. The van der Waals surface area contributed by atoms with Crippen LogP contribution in [0.25, 0.3) is 0 Å². The second-order valence-corrected chi connectivity index (χ2v) is 4.96. The van der Waals surface area contributed by atoms with Crippen LogP contribution in [0.1, 0.15) is 24.2 Å². The van der Waals surface area contributed by atoms with Gasteiger partial charge in [0.2, 0.25) is 0 Å². The molecule has 0 radical (unpaired) electrons. The highest BCUT2D eigenvalue weighted by Crippen LogP contribution is 2.02. The maximum absolute atomic E-state index is 10.0. The van der Waals surface area contributed by atoms with Gasteiger partial charge >= 0.3 is 0 Å². The standard InChI is InChI=1S/C8H18N2.C7H6O/c1-8(2)10-6-4-9(3)5-7-10;8-6-7-4-2-1-3-5-7/h8H,4-7H2,1-3H3;1-6H. The Hall–Kier alpha value is -1.19. The van der Waals surface area contributed by atoms with Gasteiger partial charge in [-0.1, -0.05) is 30.3 Å². The largest absolute Gasteiger partial charge is 0.304 e. The molecule has 1 aromatic rings. The van der Waals surface area contributed by atoms with E-state index in [1.165, 1.54) is 26.2 Å². The fourth-order valence-corrected chi connectivity index (χ4v) is 1.87. The number of benzene rings is 1. The minimum atomic E-state index is 0.729. The molecular formula is C15H24N2O. The van der Waals surface area contributed by atoms with Gasteiger partial charge in [0.15, 0.2) is 0 Å². The highest BCUT2D eigenvalue weighted by Gasteiger charge is 2.15. The van der Waals surface area contributed by atoms with Crippen LogP contribution in [0.5, 0.6) is 0 Å². The molecule has 18 heavy (non-hydrogen) atoms. The molecule has 1 fully saturated rings. The molecule has 2 rings (SSSR count). The average Bonchev–Trinajstić information content (AvgIpc) is 2.41. The van der Waals surface area contributed by atoms with E-state index in [2.05, 4.69) is 30.7 Å². The van der Waals surface area contributed by atoms with Gasteiger partial charge in [-0.25, -0.2) is 0 Å². The normalized spacial score (nSPS) is 17.1. The molecule has 3 heteroatoms. The molecular weight excluding hydrogens is 224 g/mol. The second kappa shape index (κ2) is 8.01. The number of rotatable bonds is 2. The topological polar surface area (TPSA) is 23.6 Å². The van der Waals surface area contributed by atoms with Crippen molar-refractivity contribution in [3.8, 4) is 0 Å². The van der Waals surface area contributed by atoms with Gasteiger partial charge in [-0.3, -0.25) is 9.69 Å². The summed E-state index contributed by atoms with van der Waals surface area (Å²) < 4.78 is 0. The number of likely N-dealkylation sites (N-methyl/N-ethyl adjacent to an activating group) is 1. The van der Waals surface area contributed by atoms with Crippen molar-refractivity contribution < 1.29 is 4.79 Å². The van der Waals surface area contributed by atoms with Crippen molar-refractivity contribution in [2.24, 2.45) is 0 Å². The third-order valence-electron chi connectivity index (χ3n) is 3.20. The lowest BCUT2D eigenvalue weighted by atomic mass is 10.2. The summed E-state index contributed by atoms with van der Waals surface area (Å²) in [6, 6.07) is 9.83. The Morgan fingerprint density at radius 2 is 1.61 bits per heavy atom. The zero-order chi connectivity index (χ0) is 13.4. The molecule has 1 saturated heterocycles. The lowest BCUT2D eigenvalue weighted by molar-refractivity contribution is 0.112. The maximum atomic E-state index is 10.0. The zero-order valence-corrected chi connectivity index (χ0v) is 11.7. The van der Waals surface area contributed by atoms with Gasteiger partial charge < -0.3 is 4.90 Å². The molecule has 0 spiro atoms. The van der Waals surface area contributed by atoms with Gasteiger partial charge in [0.25, 0.3) is 0 Å². The molecule has 0 unspecified atom stereocenters. The van der Waals surface area contributed by atoms with Crippen LogP contribution in [-0.4, -0.2) is 55.4 Å². The first-order valence-electron chi connectivity index (χ1n) is 6.56. The molecule has 0 saturated carbocycles. The van der Waals surface area contributed by atoms with Crippen LogP contribution in [0.3, 0.4) is 0 Å². The van der Waals surface area contributed by atoms with Crippen molar-refractivity contribution in [2.45, 2.75) is 19.9 Å². The summed E-state index contributed by atoms with van der Waals surface area (Å²) in [5, 5.41) is 0. The van der Waals surface area contributed by atoms with Crippen LogP contribution in [0, 0.1) is 0 Å². The van der Waals surface area contributed by atoms with Crippen molar-refractivity contribution in [1.29, 1.82) is 0 Å². The highest BCUT2D eigenvalue weighted by atomic mass is 16.1. The van der Waals surface area contributed by atoms with E-state index in [-0.39, 0.29) is 0 Å². The van der Waals surface area contributed by atoms with Crippen LogP contribution in [-0.2, 0) is 0 Å². The van der Waals surface area contributed by atoms with Gasteiger partial charge in [0, 0.05) is 37.8 Å². The first-order chi connectivity index (χ1) is 8.63. The Kier molecular flexibility index (Phi) is 6.61. The fraction of sp³-hybridized carbons (Fsp3) is 0.533. The van der Waals surface area contributed by atoms with Crippen LogP contribution in [0.4, 0.5) is 0 Å². The second-order valence-electron chi connectivity index (χ2n) is 4.96. The van der Waals surface area contributed by atoms with Gasteiger partial charge in [-0.2, -0.15) is 0 Å². The number of carbonyl (C=O) groups is 1. The average molecular weight is 248 g/mol. The van der Waals surface area contributed by atoms with Crippen LogP contribution < -0.4 is 0 Å². The van der Waals surface area contributed by atoms with E-state index in [1.807, 2.05) is 18.2 Å². The number of aldehydes is 1. The van der Waals surface area contributed by atoms with E-state index in [0.717, 1.165) is 17.9 Å². The SMILES string of the molecule is CC(C)N1CCN(C)CC1.O=Cc1ccccc1. The highest BCUT2D eigenvalue weighted by molar-refractivity contribution is 5.74. The van der Waals surface area contributed by atoms with E-state index >= 15 is 0 Å². The summed E-state index contributed by atoms with van der Waals surface area (Å²) in [4.78, 5) is 14.9. The first kappa shape index (κ1) is 14.9. The predicted molar refractivity (Wildman–Crippen MR) is 76.0 cm³/mol. The van der Waals surface area contributed by atoms with E-state index in [0.29, 0.717) is 0 Å². The van der Waals surface area contributed by atoms with Crippen LogP contribution in [0.2, 0.25) is 0 Å². The zero-order valence-electron chi connectivity index (χ0n) is 11.7. The lowest BCUT2D eigenvalue weighted by Crippen LogP contribution is -2.47. The van der Waals surface area contributed by atoms with Gasteiger partial charge in [0.05, 0.1) is 0 Å². The van der Waals surface area contributed by atoms with E-state index in [4.69, 9.17) is 0 Å². The molecule has 1 aliphatic heterocycles. The third kappa shape index (κ3) is 5.43. The van der Waals surface area contributed by atoms with Crippen LogP contribution >= 0.6 is 0 Å². The maximum Gasteiger partial charge on any atom is 0.150 e. The van der Waals surface area contributed by atoms with Crippen molar-refractivity contribution in [3.05, 3.63) is 35.9 Å². The summed E-state index contributed by atoms with van der Waals surface area (Å²) in [6.45, 7) is 9.50. The summed E-state index contributed by atoms with van der Waals surface area (Å²) in [5.74, 6) is 0. The van der Waals surface area contributed by atoms with Crippen LogP contribution in [0.15, 0.2) is 30.3 Å². The number of hydrogen-bond acceptors (Lipinski definition) is 3. The Labute approximate surface area is 110 Å². The van der Waals surface area contributed by atoms with E-state index < -0.39 is 0 Å². The molecule has 0 N–H and O–H groups in total. The van der Waals surface area contributed by atoms with Gasteiger partial charge in [0.1, 0.15) is 6.29 Å². The molecule has 1 heterocycles. The first-order valence-corrected chi connectivity index (χ1v) is 6.56. The minimum Gasteiger partial charge on any atom is -0.304 e. The molecule has 0 atom stereocenters. The smallest absolute Gasteiger partial charge is 0.150 e. The summed E-state index contributed by atoms with van der Waals surface area (Å²) in [6.07, 6.45) is 0.833. The van der Waals surface area contributed by atoms with Crippen molar-refractivity contribution in [1.82, 2.24) is 9.80 Å². The van der Waals surface area contributed by atoms with Crippen molar-refractivity contribution in [2.75, 3.05) is 33.2 Å². The molecule has 0 aliphatic carbocycles. The number of piperazine rings is 1. The molecule has 100 valence electrons. The van der Waals surface area contributed by atoms with Crippen molar-refractivity contribution >= 4 is 6.29 Å². The van der Waals surface area contributed by atoms with E-state index in [1.54, 1.807) is 12.1 Å². The predicted octanol–water partition coefficient (Wildman–Crippen LogP) is 2.14. The number of nitrogens with zero attached hydrogens (tertiary/aromatic N) is 2. The Morgan fingerprint density at radius 3 is 2.00 bits per heavy atom. The molecule has 1 aliphatic rings. The lowest BCUT2D eigenvalue weighted by Gasteiger charge is -2.34. The fourth-order valence-electron chi connectivity index (χ4n) is 1.87. The third-order valence-corrected chi connectivity index (χ3v) is 3.20. The van der Waals surface area contributed by atoms with Gasteiger partial charge in [-0.15, -0.1) is 0 Å². The molecule has 1 aromatic carbocycles. The minimum absolute atomic E-state index is 0.729. The summed E-state index contributed by atoms with van der Waals surface area (Å²) in [7, 11) is 2.19. The molecule has 3 nitrogen and oxygen atoms in total. The van der Waals surface area contributed by atoms with Gasteiger partial charge in [-0.05, 0) is 20.9 Å². The molecule has 0 aromatic heterocycles.